The van der Waals surface area contributed by atoms with Crippen molar-refractivity contribution < 1.29 is 8.42 Å². The van der Waals surface area contributed by atoms with Crippen LogP contribution >= 0.6 is 11.6 Å². The van der Waals surface area contributed by atoms with Crippen molar-refractivity contribution in [3.8, 4) is 5.69 Å². The molecule has 2 N–H and O–H groups in total. The Morgan fingerprint density at radius 3 is 2.16 bits per heavy atom. The van der Waals surface area contributed by atoms with Crippen molar-refractivity contribution >= 4 is 27.3 Å². The average molecular weight is 467 g/mol. The summed E-state index contributed by atoms with van der Waals surface area (Å²) in [6.07, 6.45) is 0. The Morgan fingerprint density at radius 1 is 0.938 bits per heavy atom. The molecule has 3 aromatic carbocycles. The lowest BCUT2D eigenvalue weighted by molar-refractivity contribution is 0.584. The quantitative estimate of drug-likeness (QED) is 0.333. The predicted molar refractivity (Wildman–Crippen MR) is 125 cm³/mol. The third-order valence-electron chi connectivity index (χ3n) is 4.77. The fourth-order valence-corrected chi connectivity index (χ4v) is 4.15. The van der Waals surface area contributed by atoms with Gasteiger partial charge in [-0.05, 0) is 43.3 Å². The Morgan fingerprint density at radius 2 is 1.53 bits per heavy atom. The molecule has 7 nitrogen and oxygen atoms in total. The first-order chi connectivity index (χ1) is 15.4. The van der Waals surface area contributed by atoms with Crippen molar-refractivity contribution in [3.05, 3.63) is 117 Å². The molecule has 0 saturated carbocycles. The highest BCUT2D eigenvalue weighted by Gasteiger charge is 2.21. The van der Waals surface area contributed by atoms with Crippen LogP contribution in [0.2, 0.25) is 5.02 Å². The van der Waals surface area contributed by atoms with Gasteiger partial charge in [-0.3, -0.25) is 9.89 Å². The normalized spacial score (nSPS) is 12.0. The molecule has 1 aromatic heterocycles. The van der Waals surface area contributed by atoms with E-state index in [-0.39, 0.29) is 21.7 Å². The van der Waals surface area contributed by atoms with Gasteiger partial charge >= 0.3 is 0 Å². The molecule has 0 bridgehead atoms. The Labute approximate surface area is 190 Å². The number of para-hydroxylation sites is 1. The maximum absolute atomic E-state index is 13.3. The number of hydrazone groups is 1. The molecule has 0 atom stereocenters. The van der Waals surface area contributed by atoms with Crippen LogP contribution in [0.3, 0.4) is 0 Å². The minimum absolute atomic E-state index is 0.00514. The molecule has 0 amide bonds. The van der Waals surface area contributed by atoms with E-state index in [0.29, 0.717) is 22.0 Å². The van der Waals surface area contributed by atoms with E-state index in [0.717, 1.165) is 0 Å². The maximum atomic E-state index is 13.3. The van der Waals surface area contributed by atoms with Gasteiger partial charge < -0.3 is 0 Å². The third-order valence-corrected chi connectivity index (χ3v) is 6.25. The standard InChI is InChI=1S/C23H19ClN4O3S/c1-16-21(23(29)28(26-16)19-10-6-3-7-11-19)22(17-8-4-2-5-9-17)25-27-32(30,31)20-14-12-18(24)13-15-20/h2-15,26-27H,1H3/b25-22+. The summed E-state index contributed by atoms with van der Waals surface area (Å²) in [7, 11) is -3.97. The fourth-order valence-electron chi connectivity index (χ4n) is 3.22. The van der Waals surface area contributed by atoms with E-state index in [1.807, 2.05) is 24.3 Å². The first-order valence-corrected chi connectivity index (χ1v) is 11.5. The average Bonchev–Trinajstić information content (AvgIpc) is 3.10. The van der Waals surface area contributed by atoms with Crippen LogP contribution < -0.4 is 10.4 Å². The van der Waals surface area contributed by atoms with Gasteiger partial charge in [0.1, 0.15) is 5.71 Å². The molecule has 0 saturated heterocycles. The van der Waals surface area contributed by atoms with Crippen molar-refractivity contribution in [1.82, 2.24) is 14.6 Å². The molecule has 0 spiro atoms. The van der Waals surface area contributed by atoms with E-state index in [9.17, 15) is 13.2 Å². The van der Waals surface area contributed by atoms with E-state index in [1.54, 1.807) is 43.3 Å². The monoisotopic (exact) mass is 466 g/mol. The summed E-state index contributed by atoms with van der Waals surface area (Å²) in [6, 6.07) is 23.7. The highest BCUT2D eigenvalue weighted by molar-refractivity contribution is 7.89. The first-order valence-electron chi connectivity index (χ1n) is 9.65. The number of sulfonamides is 1. The van der Waals surface area contributed by atoms with E-state index < -0.39 is 10.0 Å². The van der Waals surface area contributed by atoms with Gasteiger partial charge in [-0.2, -0.15) is 18.4 Å². The molecule has 0 aliphatic rings. The molecule has 9 heteroatoms. The zero-order valence-electron chi connectivity index (χ0n) is 17.0. The van der Waals surface area contributed by atoms with E-state index >= 15 is 0 Å². The Balaban J connectivity index is 1.82. The van der Waals surface area contributed by atoms with Crippen LogP contribution in [0.25, 0.3) is 5.69 Å². The molecule has 162 valence electrons. The Kier molecular flexibility index (Phi) is 5.98. The third kappa shape index (κ3) is 4.37. The van der Waals surface area contributed by atoms with E-state index in [2.05, 4.69) is 15.0 Å². The second-order valence-electron chi connectivity index (χ2n) is 6.96. The summed E-state index contributed by atoms with van der Waals surface area (Å²) in [6.45, 7) is 1.74. The lowest BCUT2D eigenvalue weighted by Gasteiger charge is -2.08. The van der Waals surface area contributed by atoms with Gasteiger partial charge in [-0.25, -0.2) is 4.68 Å². The highest BCUT2D eigenvalue weighted by Crippen LogP contribution is 2.16. The fraction of sp³-hybridized carbons (Fsp3) is 0.0435. The molecule has 0 aliphatic carbocycles. The van der Waals surface area contributed by atoms with Crippen LogP contribution in [0.15, 0.2) is 99.7 Å². The van der Waals surface area contributed by atoms with E-state index in [4.69, 9.17) is 11.6 Å². The summed E-state index contributed by atoms with van der Waals surface area (Å²) >= 11 is 5.85. The maximum Gasteiger partial charge on any atom is 0.281 e. The van der Waals surface area contributed by atoms with Gasteiger partial charge in [0.25, 0.3) is 15.6 Å². The zero-order valence-corrected chi connectivity index (χ0v) is 18.6. The van der Waals surface area contributed by atoms with Crippen LogP contribution in [-0.2, 0) is 10.0 Å². The van der Waals surface area contributed by atoms with Gasteiger partial charge in [0, 0.05) is 16.3 Å². The Bertz CT molecular complexity index is 1430. The number of aryl methyl sites for hydroxylation is 1. The van der Waals surface area contributed by atoms with Crippen molar-refractivity contribution in [2.45, 2.75) is 11.8 Å². The highest BCUT2D eigenvalue weighted by atomic mass is 35.5. The van der Waals surface area contributed by atoms with Gasteiger partial charge in [-0.15, -0.1) is 0 Å². The van der Waals surface area contributed by atoms with Crippen molar-refractivity contribution in [1.29, 1.82) is 0 Å². The second-order valence-corrected chi connectivity index (χ2v) is 9.06. The molecule has 0 radical (unpaired) electrons. The van der Waals surface area contributed by atoms with Crippen LogP contribution in [0, 0.1) is 6.92 Å². The Hall–Kier alpha value is -3.62. The molecule has 4 rings (SSSR count). The summed E-state index contributed by atoms with van der Waals surface area (Å²) in [4.78, 5) is 15.6. The number of hydrogen-bond acceptors (Lipinski definition) is 4. The van der Waals surface area contributed by atoms with Crippen molar-refractivity contribution in [3.63, 3.8) is 0 Å². The number of nitrogens with zero attached hydrogens (tertiary/aromatic N) is 2. The van der Waals surface area contributed by atoms with Gasteiger partial charge in [-0.1, -0.05) is 60.1 Å². The first kappa shape index (κ1) is 21.6. The van der Waals surface area contributed by atoms with Crippen molar-refractivity contribution in [2.24, 2.45) is 5.10 Å². The van der Waals surface area contributed by atoms with Gasteiger partial charge in [0.05, 0.1) is 16.1 Å². The molecule has 0 fully saturated rings. The van der Waals surface area contributed by atoms with E-state index in [1.165, 1.54) is 28.9 Å². The molecule has 1 heterocycles. The predicted octanol–water partition coefficient (Wildman–Crippen LogP) is 3.86. The number of halogens is 1. The SMILES string of the molecule is Cc1[nH]n(-c2ccccc2)c(=O)c1/C(=N/NS(=O)(=O)c1ccc(Cl)cc1)c1ccccc1. The molecular formula is C23H19ClN4O3S. The van der Waals surface area contributed by atoms with Gasteiger partial charge in [0.15, 0.2) is 0 Å². The molecule has 32 heavy (non-hydrogen) atoms. The number of aromatic nitrogens is 2. The van der Waals surface area contributed by atoms with Crippen LogP contribution in [0.1, 0.15) is 16.8 Å². The number of hydrogen-bond donors (Lipinski definition) is 2. The number of rotatable bonds is 6. The number of nitrogens with one attached hydrogen (secondary N) is 2. The minimum atomic E-state index is -3.97. The summed E-state index contributed by atoms with van der Waals surface area (Å²) in [5.41, 5.74) is 1.91. The summed E-state index contributed by atoms with van der Waals surface area (Å²) in [5, 5.41) is 7.64. The van der Waals surface area contributed by atoms with Gasteiger partial charge in [0.2, 0.25) is 0 Å². The topological polar surface area (TPSA) is 96.3 Å². The summed E-state index contributed by atoms with van der Waals surface area (Å²) in [5.74, 6) is 0. The number of H-pyrrole nitrogens is 1. The minimum Gasteiger partial charge on any atom is -0.295 e. The number of benzene rings is 3. The van der Waals surface area contributed by atoms with Crippen LogP contribution in [0.5, 0.6) is 0 Å². The smallest absolute Gasteiger partial charge is 0.281 e. The molecule has 4 aromatic rings. The van der Waals surface area contributed by atoms with Crippen LogP contribution in [-0.4, -0.2) is 23.9 Å². The zero-order chi connectivity index (χ0) is 22.7. The van der Waals surface area contributed by atoms with Crippen LogP contribution in [0.4, 0.5) is 0 Å². The molecule has 0 unspecified atom stereocenters. The number of aromatic amines is 1. The second kappa shape index (κ2) is 8.86. The lowest BCUT2D eigenvalue weighted by Crippen LogP contribution is -2.25. The largest absolute Gasteiger partial charge is 0.295 e. The lowest BCUT2D eigenvalue weighted by atomic mass is 10.0. The molecular weight excluding hydrogens is 448 g/mol. The summed E-state index contributed by atoms with van der Waals surface area (Å²) < 4.78 is 26.9. The van der Waals surface area contributed by atoms with Crippen molar-refractivity contribution in [2.75, 3.05) is 0 Å². The molecule has 0 aliphatic heterocycles.